The predicted molar refractivity (Wildman–Crippen MR) is 101 cm³/mol. The van der Waals surface area contributed by atoms with Crippen molar-refractivity contribution < 1.29 is 33.2 Å². The molecule has 0 N–H and O–H groups in total. The van der Waals surface area contributed by atoms with Crippen LogP contribution in [0.25, 0.3) is 0 Å². The minimum Gasteiger partial charge on any atom is -0.473 e. The van der Waals surface area contributed by atoms with E-state index in [0.29, 0.717) is 30.3 Å². The molecule has 0 radical (unpaired) electrons. The lowest BCUT2D eigenvalue weighted by Gasteiger charge is -2.31. The van der Waals surface area contributed by atoms with Gasteiger partial charge in [-0.3, -0.25) is 4.79 Å². The number of carbonyl (C=O) groups excluding carboxylic acids is 1. The number of hydrogen-bond donors (Lipinski definition) is 0. The molecule has 0 amide bonds. The molecule has 0 bridgehead atoms. The lowest BCUT2D eigenvalue weighted by molar-refractivity contribution is -0.181. The maximum absolute atomic E-state index is 11.5. The molecule has 0 unspecified atom stereocenters. The molecule has 0 aromatic rings. The molecule has 0 aliphatic rings. The van der Waals surface area contributed by atoms with Crippen LogP contribution >= 0.6 is 24.0 Å². The van der Waals surface area contributed by atoms with Crippen LogP contribution in [0.5, 0.6) is 0 Å². The molecule has 0 heterocycles. The molecular formula is C16H30O7S2. The number of thiocarbonyl (C=S) groups is 1. The van der Waals surface area contributed by atoms with E-state index in [9.17, 15) is 4.79 Å². The average molecular weight is 399 g/mol. The Bertz CT molecular complexity index is 368. The van der Waals surface area contributed by atoms with Gasteiger partial charge in [-0.25, -0.2) is 0 Å². The zero-order valence-corrected chi connectivity index (χ0v) is 17.3. The molecule has 0 rings (SSSR count). The summed E-state index contributed by atoms with van der Waals surface area (Å²) in [6.45, 7) is 4.22. The monoisotopic (exact) mass is 398 g/mol. The molecule has 0 aromatic carbocycles. The number of rotatable bonds is 14. The van der Waals surface area contributed by atoms with Crippen LogP contribution in [0.4, 0.5) is 0 Å². The molecule has 0 aromatic heterocycles. The van der Waals surface area contributed by atoms with Crippen molar-refractivity contribution in [2.45, 2.75) is 51.4 Å². The molecule has 9 heteroatoms. The zero-order chi connectivity index (χ0) is 19.1. The second kappa shape index (κ2) is 15.8. The Morgan fingerprint density at radius 1 is 1.16 bits per heavy atom. The first kappa shape index (κ1) is 24.6. The molecule has 7 nitrogen and oxygen atoms in total. The number of esters is 1. The SMILES string of the molecule is CCOC(=O)CCC[C@@H](OCOC)[C@H](OCOC)[C@@H](C)OC(=S)SC. The fourth-order valence-electron chi connectivity index (χ4n) is 2.14. The molecule has 25 heavy (non-hydrogen) atoms. The van der Waals surface area contributed by atoms with Crippen LogP contribution in [0.15, 0.2) is 0 Å². The molecule has 0 saturated carbocycles. The Balaban J connectivity index is 4.85. The fraction of sp³-hybridized carbons (Fsp3) is 0.875. The number of carbonyl (C=O) groups is 1. The maximum atomic E-state index is 11.5. The van der Waals surface area contributed by atoms with Gasteiger partial charge in [-0.2, -0.15) is 0 Å². The van der Waals surface area contributed by atoms with E-state index < -0.39 is 6.10 Å². The second-order valence-corrected chi connectivity index (χ2v) is 6.53. The Labute approximate surface area is 160 Å². The third-order valence-electron chi connectivity index (χ3n) is 3.23. The lowest BCUT2D eigenvalue weighted by atomic mass is 10.0. The Morgan fingerprint density at radius 2 is 1.80 bits per heavy atom. The van der Waals surface area contributed by atoms with Crippen LogP contribution in [-0.4, -0.2) is 69.3 Å². The van der Waals surface area contributed by atoms with Crippen molar-refractivity contribution in [1.29, 1.82) is 0 Å². The largest absolute Gasteiger partial charge is 0.473 e. The summed E-state index contributed by atoms with van der Waals surface area (Å²) in [6, 6.07) is 0. The Hall–Kier alpha value is -0.450. The molecular weight excluding hydrogens is 368 g/mol. The third-order valence-corrected chi connectivity index (χ3v) is 4.26. The topological polar surface area (TPSA) is 72.5 Å². The molecule has 0 spiro atoms. The molecule has 0 saturated heterocycles. The van der Waals surface area contributed by atoms with Crippen molar-refractivity contribution in [3.8, 4) is 0 Å². The number of thioether (sulfide) groups is 1. The van der Waals surface area contributed by atoms with Crippen LogP contribution in [0.3, 0.4) is 0 Å². The van der Waals surface area contributed by atoms with Crippen molar-refractivity contribution in [1.82, 2.24) is 0 Å². The number of methoxy groups -OCH3 is 2. The van der Waals surface area contributed by atoms with Crippen LogP contribution in [0.2, 0.25) is 0 Å². The van der Waals surface area contributed by atoms with Gasteiger partial charge in [0, 0.05) is 20.6 Å². The Kier molecular flexibility index (Phi) is 15.5. The summed E-state index contributed by atoms with van der Waals surface area (Å²) < 4.78 is 32.6. The van der Waals surface area contributed by atoms with Crippen LogP contribution in [-0.2, 0) is 33.2 Å². The van der Waals surface area contributed by atoms with E-state index in [1.165, 1.54) is 11.8 Å². The van der Waals surface area contributed by atoms with E-state index in [4.69, 9.17) is 40.6 Å². The van der Waals surface area contributed by atoms with Gasteiger partial charge in [0.15, 0.2) is 0 Å². The van der Waals surface area contributed by atoms with Crippen molar-refractivity contribution in [2.75, 3.05) is 40.7 Å². The normalized spacial score (nSPS) is 14.6. The standard InChI is InChI=1S/C16H30O7S2/c1-6-20-14(17)9-7-8-13(21-10-18-3)15(22-11-19-4)12(2)23-16(24)25-5/h12-13,15H,6-11H2,1-5H3/t12-,13-,15-/m1/s1. The van der Waals surface area contributed by atoms with Gasteiger partial charge < -0.3 is 28.4 Å². The minimum atomic E-state index is -0.428. The summed E-state index contributed by atoms with van der Waals surface area (Å²) in [7, 11) is 3.09. The molecule has 0 fully saturated rings. The maximum Gasteiger partial charge on any atom is 0.305 e. The average Bonchev–Trinajstić information content (AvgIpc) is 2.59. The highest BCUT2D eigenvalue weighted by Gasteiger charge is 2.31. The molecule has 3 atom stereocenters. The Morgan fingerprint density at radius 3 is 2.36 bits per heavy atom. The van der Waals surface area contributed by atoms with Crippen molar-refractivity contribution >= 4 is 34.3 Å². The van der Waals surface area contributed by atoms with Gasteiger partial charge in [0.05, 0.1) is 12.7 Å². The summed E-state index contributed by atoms with van der Waals surface area (Å²) in [5.41, 5.74) is 0. The minimum absolute atomic E-state index is 0.0924. The predicted octanol–water partition coefficient (Wildman–Crippen LogP) is 2.75. The van der Waals surface area contributed by atoms with E-state index in [2.05, 4.69) is 0 Å². The van der Waals surface area contributed by atoms with Gasteiger partial charge in [0.1, 0.15) is 25.8 Å². The van der Waals surface area contributed by atoms with Gasteiger partial charge in [0.2, 0.25) is 4.38 Å². The quantitative estimate of drug-likeness (QED) is 0.249. The summed E-state index contributed by atoms with van der Waals surface area (Å²) >= 11 is 6.46. The van der Waals surface area contributed by atoms with Gasteiger partial charge in [0.25, 0.3) is 0 Å². The highest BCUT2D eigenvalue weighted by Crippen LogP contribution is 2.20. The van der Waals surface area contributed by atoms with E-state index in [0.717, 1.165) is 0 Å². The van der Waals surface area contributed by atoms with E-state index in [-0.39, 0.29) is 31.8 Å². The third kappa shape index (κ3) is 11.7. The fourth-order valence-corrected chi connectivity index (χ4v) is 2.54. The second-order valence-electron chi connectivity index (χ2n) is 5.12. The zero-order valence-electron chi connectivity index (χ0n) is 15.6. The number of hydrogen-bond acceptors (Lipinski definition) is 9. The van der Waals surface area contributed by atoms with Crippen LogP contribution in [0, 0.1) is 0 Å². The van der Waals surface area contributed by atoms with Crippen molar-refractivity contribution in [3.05, 3.63) is 0 Å². The molecule has 148 valence electrons. The highest BCUT2D eigenvalue weighted by molar-refractivity contribution is 8.22. The van der Waals surface area contributed by atoms with Gasteiger partial charge in [-0.1, -0.05) is 11.8 Å². The molecule has 0 aliphatic heterocycles. The van der Waals surface area contributed by atoms with Crippen LogP contribution < -0.4 is 0 Å². The number of ether oxygens (including phenoxy) is 6. The van der Waals surface area contributed by atoms with Crippen molar-refractivity contribution in [3.63, 3.8) is 0 Å². The first-order valence-electron chi connectivity index (χ1n) is 8.11. The summed E-state index contributed by atoms with van der Waals surface area (Å²) in [4.78, 5) is 11.5. The van der Waals surface area contributed by atoms with Crippen molar-refractivity contribution in [2.24, 2.45) is 0 Å². The van der Waals surface area contributed by atoms with Crippen LogP contribution in [0.1, 0.15) is 33.1 Å². The van der Waals surface area contributed by atoms with E-state index in [1.54, 1.807) is 21.1 Å². The summed E-state index contributed by atoms with van der Waals surface area (Å²) in [6.07, 6.45) is 2.22. The van der Waals surface area contributed by atoms with E-state index in [1.807, 2.05) is 13.2 Å². The highest BCUT2D eigenvalue weighted by atomic mass is 32.2. The summed E-state index contributed by atoms with van der Waals surface area (Å²) in [5.74, 6) is -0.227. The van der Waals surface area contributed by atoms with Gasteiger partial charge in [-0.15, -0.1) is 0 Å². The van der Waals surface area contributed by atoms with Gasteiger partial charge >= 0.3 is 5.97 Å². The first-order valence-corrected chi connectivity index (χ1v) is 9.74. The lowest BCUT2D eigenvalue weighted by Crippen LogP contribution is -2.42. The van der Waals surface area contributed by atoms with Gasteiger partial charge in [-0.05, 0) is 45.2 Å². The summed E-state index contributed by atoms with van der Waals surface area (Å²) in [5, 5.41) is 0. The smallest absolute Gasteiger partial charge is 0.305 e. The molecule has 0 aliphatic carbocycles. The first-order chi connectivity index (χ1) is 12.0. The van der Waals surface area contributed by atoms with E-state index >= 15 is 0 Å².